The van der Waals surface area contributed by atoms with Gasteiger partial charge in [-0.3, -0.25) is 0 Å². The van der Waals surface area contributed by atoms with Crippen LogP contribution in [0.1, 0.15) is 106 Å². The Hall–Kier alpha value is -2.48. The Kier molecular flexibility index (Phi) is 6.63. The van der Waals surface area contributed by atoms with Crippen LogP contribution in [0, 0.1) is 0 Å². The fourth-order valence-corrected chi connectivity index (χ4v) is 3.67. The summed E-state index contributed by atoms with van der Waals surface area (Å²) in [5.41, 5.74) is 4.55. The molecule has 0 spiro atoms. The Morgan fingerprint density at radius 1 is 0.353 bits per heavy atom. The first kappa shape index (κ1) is 26.1. The van der Waals surface area contributed by atoms with Crippen molar-refractivity contribution in [1.29, 1.82) is 0 Å². The summed E-state index contributed by atoms with van der Waals surface area (Å²) in [4.78, 5) is 0. The maximum absolute atomic E-state index is 6.34. The standard InChI is InChI=1S/C32H44O2/c1-29(2,3)25-17-23(18-26(33-25)30(4,5)6)21-13-15-22(16-14-21)24-19-27(31(7,8)9)34-28(20-24)32(10,11)12/h13-20H,1-12H3/q+2. The molecule has 0 fully saturated rings. The molecule has 0 atom stereocenters. The fraction of sp³-hybridized carbons (Fsp3) is 0.500. The Morgan fingerprint density at radius 3 is 0.735 bits per heavy atom. The molecule has 0 saturated heterocycles. The second-order valence-electron chi connectivity index (χ2n) is 13.7. The predicted octanol–water partition coefficient (Wildman–Crippen LogP) is 9.96. The summed E-state index contributed by atoms with van der Waals surface area (Å²) in [5.74, 6) is 4.03. The van der Waals surface area contributed by atoms with Crippen LogP contribution < -0.4 is 0 Å². The number of rotatable bonds is 2. The molecular formula is C32H44O2+2. The van der Waals surface area contributed by atoms with Crippen molar-refractivity contribution in [2.75, 3.05) is 0 Å². The van der Waals surface area contributed by atoms with E-state index in [-0.39, 0.29) is 21.7 Å². The van der Waals surface area contributed by atoms with Gasteiger partial charge in [0.25, 0.3) is 0 Å². The first-order chi connectivity index (χ1) is 15.4. The second-order valence-corrected chi connectivity index (χ2v) is 13.7. The van der Waals surface area contributed by atoms with E-state index in [0.717, 1.165) is 23.0 Å². The molecule has 2 aromatic heterocycles. The minimum absolute atomic E-state index is 0.0593. The van der Waals surface area contributed by atoms with Crippen LogP contribution in [0.5, 0.6) is 0 Å². The van der Waals surface area contributed by atoms with Crippen molar-refractivity contribution in [3.05, 3.63) is 71.6 Å². The van der Waals surface area contributed by atoms with Gasteiger partial charge in [0.1, 0.15) is 0 Å². The molecule has 0 amide bonds. The van der Waals surface area contributed by atoms with Crippen molar-refractivity contribution in [3.63, 3.8) is 0 Å². The average molecular weight is 461 g/mol. The van der Waals surface area contributed by atoms with Crippen molar-refractivity contribution in [2.24, 2.45) is 0 Å². The van der Waals surface area contributed by atoms with Gasteiger partial charge >= 0.3 is 23.0 Å². The zero-order valence-electron chi connectivity index (χ0n) is 23.4. The summed E-state index contributed by atoms with van der Waals surface area (Å²) in [7, 11) is 0. The summed E-state index contributed by atoms with van der Waals surface area (Å²) >= 11 is 0. The zero-order valence-corrected chi connectivity index (χ0v) is 23.4. The van der Waals surface area contributed by atoms with Crippen molar-refractivity contribution < 1.29 is 8.83 Å². The molecule has 0 bridgehead atoms. The van der Waals surface area contributed by atoms with E-state index >= 15 is 0 Å². The van der Waals surface area contributed by atoms with Crippen LogP contribution >= 0.6 is 0 Å². The molecule has 2 heterocycles. The van der Waals surface area contributed by atoms with E-state index in [9.17, 15) is 0 Å². The van der Waals surface area contributed by atoms with Crippen molar-refractivity contribution in [1.82, 2.24) is 0 Å². The first-order valence-corrected chi connectivity index (χ1v) is 12.4. The Morgan fingerprint density at radius 2 is 0.559 bits per heavy atom. The summed E-state index contributed by atoms with van der Waals surface area (Å²) < 4.78 is 12.7. The Balaban J connectivity index is 2.10. The number of benzene rings is 1. The van der Waals surface area contributed by atoms with Gasteiger partial charge in [0.15, 0.2) is 0 Å². The van der Waals surface area contributed by atoms with Gasteiger partial charge in [0, 0.05) is 24.3 Å². The lowest BCUT2D eigenvalue weighted by Crippen LogP contribution is -2.16. The lowest BCUT2D eigenvalue weighted by Gasteiger charge is -2.16. The molecule has 0 radical (unpaired) electrons. The van der Waals surface area contributed by atoms with Gasteiger partial charge in [0.05, 0.1) is 21.7 Å². The molecule has 0 unspecified atom stereocenters. The summed E-state index contributed by atoms with van der Waals surface area (Å²) in [6.45, 7) is 26.4. The highest BCUT2D eigenvalue weighted by atomic mass is 16.3. The quantitative estimate of drug-likeness (QED) is 0.355. The first-order valence-electron chi connectivity index (χ1n) is 12.4. The van der Waals surface area contributed by atoms with Crippen LogP contribution in [-0.4, -0.2) is 0 Å². The zero-order chi connectivity index (χ0) is 25.7. The van der Waals surface area contributed by atoms with Gasteiger partial charge < -0.3 is 0 Å². The van der Waals surface area contributed by atoms with E-state index in [1.807, 2.05) is 0 Å². The minimum Gasteiger partial charge on any atom is -0.217 e. The third-order valence-electron chi connectivity index (χ3n) is 6.09. The van der Waals surface area contributed by atoms with Crippen LogP contribution in [0.2, 0.25) is 0 Å². The third-order valence-corrected chi connectivity index (χ3v) is 6.09. The molecule has 0 N–H and O–H groups in total. The highest BCUT2D eigenvalue weighted by Crippen LogP contribution is 2.36. The van der Waals surface area contributed by atoms with Crippen LogP contribution in [-0.2, 0) is 21.7 Å². The predicted molar refractivity (Wildman–Crippen MR) is 145 cm³/mol. The van der Waals surface area contributed by atoms with E-state index in [1.165, 1.54) is 22.3 Å². The molecule has 3 rings (SSSR count). The largest absolute Gasteiger partial charge is 0.335 e. The van der Waals surface area contributed by atoms with Gasteiger partial charge in [-0.2, -0.15) is 0 Å². The van der Waals surface area contributed by atoms with Crippen LogP contribution in [0.4, 0.5) is 0 Å². The molecule has 1 aromatic carbocycles. The van der Waals surface area contributed by atoms with Crippen molar-refractivity contribution in [3.8, 4) is 22.3 Å². The van der Waals surface area contributed by atoms with Crippen LogP contribution in [0.3, 0.4) is 0 Å². The smallest absolute Gasteiger partial charge is 0.217 e. The minimum atomic E-state index is -0.0593. The Labute approximate surface area is 207 Å². The molecule has 3 aromatic rings. The van der Waals surface area contributed by atoms with Crippen LogP contribution in [0.25, 0.3) is 22.3 Å². The molecule has 0 aliphatic heterocycles. The van der Waals surface area contributed by atoms with Gasteiger partial charge in [-0.1, -0.05) is 24.3 Å². The summed E-state index contributed by atoms with van der Waals surface area (Å²) in [6, 6.07) is 17.7. The molecule has 0 aliphatic carbocycles. The summed E-state index contributed by atoms with van der Waals surface area (Å²) in [5, 5.41) is 0. The normalized spacial score (nSPS) is 13.3. The second kappa shape index (κ2) is 8.63. The highest BCUT2D eigenvalue weighted by Gasteiger charge is 2.35. The molecule has 2 nitrogen and oxygen atoms in total. The highest BCUT2D eigenvalue weighted by molar-refractivity contribution is 5.71. The van der Waals surface area contributed by atoms with E-state index < -0.39 is 0 Å². The molecule has 182 valence electrons. The lowest BCUT2D eigenvalue weighted by molar-refractivity contribution is 0.329. The third kappa shape index (κ3) is 5.95. The monoisotopic (exact) mass is 460 g/mol. The van der Waals surface area contributed by atoms with E-state index in [1.54, 1.807) is 0 Å². The average Bonchev–Trinajstić information content (AvgIpc) is 2.70. The fourth-order valence-electron chi connectivity index (χ4n) is 3.67. The molecule has 2 heteroatoms. The van der Waals surface area contributed by atoms with Gasteiger partial charge in [-0.05, 0) is 105 Å². The van der Waals surface area contributed by atoms with E-state index in [4.69, 9.17) is 8.83 Å². The maximum Gasteiger partial charge on any atom is 0.335 e. The van der Waals surface area contributed by atoms with E-state index in [2.05, 4.69) is 132 Å². The maximum atomic E-state index is 6.34. The van der Waals surface area contributed by atoms with Crippen LogP contribution in [0.15, 0.2) is 57.4 Å². The van der Waals surface area contributed by atoms with Gasteiger partial charge in [-0.25, -0.2) is 8.83 Å². The Bertz CT molecular complexity index is 997. The lowest BCUT2D eigenvalue weighted by atomic mass is 9.86. The molecule has 34 heavy (non-hydrogen) atoms. The molecular weight excluding hydrogens is 416 g/mol. The number of hydrogen-bond donors (Lipinski definition) is 0. The topological polar surface area (TPSA) is 22.6 Å². The van der Waals surface area contributed by atoms with Gasteiger partial charge in [-0.15, -0.1) is 0 Å². The molecule has 0 aliphatic rings. The summed E-state index contributed by atoms with van der Waals surface area (Å²) in [6.07, 6.45) is 0. The number of hydrogen-bond acceptors (Lipinski definition) is 0. The SMILES string of the molecule is CC(C)(C)c1cc(-c2ccc(-c3cc(C(C)(C)C)[o+]c(C(C)(C)C)c3)cc2)cc(C(C)(C)C)[o+]1. The van der Waals surface area contributed by atoms with Crippen molar-refractivity contribution >= 4 is 0 Å². The molecule has 0 saturated carbocycles. The van der Waals surface area contributed by atoms with Crippen molar-refractivity contribution in [2.45, 2.75) is 105 Å². The van der Waals surface area contributed by atoms with E-state index in [0.29, 0.717) is 0 Å². The van der Waals surface area contributed by atoms with Gasteiger partial charge in [0.2, 0.25) is 0 Å².